The van der Waals surface area contributed by atoms with Crippen LogP contribution in [0.25, 0.3) is 0 Å². The first-order valence-corrected chi connectivity index (χ1v) is 7.93. The van der Waals surface area contributed by atoms with E-state index in [1.165, 1.54) is 0 Å². The average molecular weight is 304 g/mol. The Balaban J connectivity index is 1.84. The first-order valence-electron chi connectivity index (χ1n) is 7.93. The van der Waals surface area contributed by atoms with Gasteiger partial charge >= 0.3 is 0 Å². The van der Waals surface area contributed by atoms with Crippen molar-refractivity contribution in [1.82, 2.24) is 5.32 Å². The van der Waals surface area contributed by atoms with E-state index in [1.807, 2.05) is 31.2 Å². The first kappa shape index (κ1) is 16.5. The van der Waals surface area contributed by atoms with Gasteiger partial charge in [-0.2, -0.15) is 0 Å². The number of nitrogens with zero attached hydrogens (tertiary/aromatic N) is 1. The second kappa shape index (κ2) is 8.54. The van der Waals surface area contributed by atoms with Gasteiger partial charge in [-0.15, -0.1) is 0 Å². The number of unbranched alkanes of at least 4 members (excludes halogenated alkanes) is 1. The molecule has 1 fully saturated rings. The third kappa shape index (κ3) is 4.84. The molecular formula is C17H24N2O3. The van der Waals surface area contributed by atoms with E-state index < -0.39 is 0 Å². The largest absolute Gasteiger partial charge is 0.378 e. The molecule has 1 saturated heterocycles. The van der Waals surface area contributed by atoms with Gasteiger partial charge in [-0.1, -0.05) is 13.3 Å². The zero-order chi connectivity index (χ0) is 15.8. The van der Waals surface area contributed by atoms with E-state index in [0.29, 0.717) is 12.0 Å². The molecule has 1 aliphatic rings. The Morgan fingerprint density at radius 3 is 2.50 bits per heavy atom. The molecule has 22 heavy (non-hydrogen) atoms. The van der Waals surface area contributed by atoms with Crippen molar-refractivity contribution in [3.8, 4) is 0 Å². The number of amides is 1. The van der Waals surface area contributed by atoms with Gasteiger partial charge in [0, 0.05) is 30.8 Å². The maximum Gasteiger partial charge on any atom is 0.220 e. The van der Waals surface area contributed by atoms with Crippen molar-refractivity contribution in [1.29, 1.82) is 0 Å². The molecule has 0 saturated carbocycles. The number of nitrogens with one attached hydrogen (secondary N) is 1. The SMILES string of the molecule is CCCCC(=O)NCC(=O)c1ccc(N2CCOCC2)cc1. The van der Waals surface area contributed by atoms with Crippen molar-refractivity contribution in [2.45, 2.75) is 26.2 Å². The van der Waals surface area contributed by atoms with Gasteiger partial charge in [0.05, 0.1) is 19.8 Å². The summed E-state index contributed by atoms with van der Waals surface area (Å²) < 4.78 is 5.33. The minimum absolute atomic E-state index is 0.0554. The normalized spacial score (nSPS) is 14.7. The van der Waals surface area contributed by atoms with Crippen molar-refractivity contribution in [2.24, 2.45) is 0 Å². The van der Waals surface area contributed by atoms with E-state index in [-0.39, 0.29) is 18.2 Å². The summed E-state index contributed by atoms with van der Waals surface area (Å²) in [7, 11) is 0. The van der Waals surface area contributed by atoms with Crippen LogP contribution in [0.3, 0.4) is 0 Å². The third-order valence-electron chi connectivity index (χ3n) is 3.77. The van der Waals surface area contributed by atoms with Crippen LogP contribution in [0.1, 0.15) is 36.5 Å². The molecule has 0 atom stereocenters. The highest BCUT2D eigenvalue weighted by molar-refractivity contribution is 5.99. The number of morpholine rings is 1. The Labute approximate surface area is 131 Å². The molecule has 0 spiro atoms. The summed E-state index contributed by atoms with van der Waals surface area (Å²) in [5.74, 6) is -0.112. The second-order valence-electron chi connectivity index (χ2n) is 5.45. The van der Waals surface area contributed by atoms with Crippen LogP contribution in [0, 0.1) is 0 Å². The van der Waals surface area contributed by atoms with Crippen LogP contribution in [0.15, 0.2) is 24.3 Å². The van der Waals surface area contributed by atoms with Crippen LogP contribution in [-0.2, 0) is 9.53 Å². The number of Topliss-reactive ketones (excluding diaryl/α,β-unsaturated/α-hetero) is 1. The Hall–Kier alpha value is -1.88. The lowest BCUT2D eigenvalue weighted by Gasteiger charge is -2.28. The second-order valence-corrected chi connectivity index (χ2v) is 5.45. The first-order chi connectivity index (χ1) is 10.7. The van der Waals surface area contributed by atoms with Crippen LogP contribution >= 0.6 is 0 Å². The Bertz CT molecular complexity index is 493. The molecule has 0 aliphatic carbocycles. The number of hydrogen-bond acceptors (Lipinski definition) is 4. The molecule has 1 heterocycles. The maximum absolute atomic E-state index is 12.1. The number of hydrogen-bond donors (Lipinski definition) is 1. The van der Waals surface area contributed by atoms with Crippen LogP contribution in [0.4, 0.5) is 5.69 Å². The summed E-state index contributed by atoms with van der Waals surface area (Å²) in [6, 6.07) is 7.56. The fourth-order valence-electron chi connectivity index (χ4n) is 2.39. The van der Waals surface area contributed by atoms with Crippen LogP contribution in [-0.4, -0.2) is 44.5 Å². The summed E-state index contributed by atoms with van der Waals surface area (Å²) in [5, 5.41) is 2.68. The molecule has 0 bridgehead atoms. The minimum Gasteiger partial charge on any atom is -0.378 e. The van der Waals surface area contributed by atoms with E-state index in [1.54, 1.807) is 0 Å². The molecule has 1 N–H and O–H groups in total. The molecule has 0 aromatic heterocycles. The molecule has 1 aromatic rings. The van der Waals surface area contributed by atoms with E-state index in [2.05, 4.69) is 10.2 Å². The van der Waals surface area contributed by atoms with Crippen molar-refractivity contribution in [3.05, 3.63) is 29.8 Å². The van der Waals surface area contributed by atoms with Gasteiger partial charge in [0.1, 0.15) is 0 Å². The van der Waals surface area contributed by atoms with Crippen LogP contribution in [0.2, 0.25) is 0 Å². The summed E-state index contributed by atoms with van der Waals surface area (Å²) in [4.78, 5) is 25.8. The highest BCUT2D eigenvalue weighted by atomic mass is 16.5. The number of carbonyl (C=O) groups is 2. The summed E-state index contributed by atoms with van der Waals surface area (Å²) in [5.41, 5.74) is 1.74. The molecule has 120 valence electrons. The topological polar surface area (TPSA) is 58.6 Å². The molecule has 2 rings (SSSR count). The number of ether oxygens (including phenoxy) is 1. The number of carbonyl (C=O) groups excluding carboxylic acids is 2. The number of ketones is 1. The zero-order valence-electron chi connectivity index (χ0n) is 13.1. The average Bonchev–Trinajstić information content (AvgIpc) is 2.58. The molecule has 1 aliphatic heterocycles. The fourth-order valence-corrected chi connectivity index (χ4v) is 2.39. The molecule has 5 heteroatoms. The third-order valence-corrected chi connectivity index (χ3v) is 3.77. The standard InChI is InChI=1S/C17H24N2O3/c1-2-3-4-17(21)18-13-16(20)14-5-7-15(8-6-14)19-9-11-22-12-10-19/h5-8H,2-4,9-13H2,1H3,(H,18,21). The lowest BCUT2D eigenvalue weighted by molar-refractivity contribution is -0.121. The van der Waals surface area contributed by atoms with E-state index in [4.69, 9.17) is 4.74 Å². The monoisotopic (exact) mass is 304 g/mol. The van der Waals surface area contributed by atoms with Gasteiger partial charge in [0.2, 0.25) is 5.91 Å². The lowest BCUT2D eigenvalue weighted by Crippen LogP contribution is -2.36. The van der Waals surface area contributed by atoms with Crippen molar-refractivity contribution >= 4 is 17.4 Å². The minimum atomic E-state index is -0.0571. The zero-order valence-corrected chi connectivity index (χ0v) is 13.1. The number of benzene rings is 1. The van der Waals surface area contributed by atoms with Crippen LogP contribution < -0.4 is 10.2 Å². The van der Waals surface area contributed by atoms with E-state index >= 15 is 0 Å². The Morgan fingerprint density at radius 1 is 1.18 bits per heavy atom. The predicted octanol–water partition coefficient (Wildman–Crippen LogP) is 2.01. The molecule has 0 unspecified atom stereocenters. The number of anilines is 1. The molecular weight excluding hydrogens is 280 g/mol. The van der Waals surface area contributed by atoms with Crippen molar-refractivity contribution in [3.63, 3.8) is 0 Å². The van der Waals surface area contributed by atoms with Gasteiger partial charge in [0.15, 0.2) is 5.78 Å². The quantitative estimate of drug-likeness (QED) is 0.783. The van der Waals surface area contributed by atoms with Gasteiger partial charge in [-0.3, -0.25) is 9.59 Å². The highest BCUT2D eigenvalue weighted by Crippen LogP contribution is 2.16. The van der Waals surface area contributed by atoms with Gasteiger partial charge in [-0.05, 0) is 30.7 Å². The highest BCUT2D eigenvalue weighted by Gasteiger charge is 2.12. The summed E-state index contributed by atoms with van der Waals surface area (Å²) in [6.07, 6.45) is 2.32. The number of rotatable bonds is 7. The lowest BCUT2D eigenvalue weighted by atomic mass is 10.1. The van der Waals surface area contributed by atoms with Gasteiger partial charge in [0.25, 0.3) is 0 Å². The molecule has 1 amide bonds. The maximum atomic E-state index is 12.1. The molecule has 0 radical (unpaired) electrons. The Kier molecular flexibility index (Phi) is 6.40. The predicted molar refractivity (Wildman–Crippen MR) is 86.3 cm³/mol. The van der Waals surface area contributed by atoms with Gasteiger partial charge in [-0.25, -0.2) is 0 Å². The van der Waals surface area contributed by atoms with Crippen molar-refractivity contribution < 1.29 is 14.3 Å². The summed E-state index contributed by atoms with van der Waals surface area (Å²) in [6.45, 7) is 5.34. The summed E-state index contributed by atoms with van der Waals surface area (Å²) >= 11 is 0. The van der Waals surface area contributed by atoms with Crippen molar-refractivity contribution in [2.75, 3.05) is 37.7 Å². The van der Waals surface area contributed by atoms with Crippen LogP contribution in [0.5, 0.6) is 0 Å². The fraction of sp³-hybridized carbons (Fsp3) is 0.529. The molecule has 5 nitrogen and oxygen atoms in total. The molecule has 1 aromatic carbocycles. The van der Waals surface area contributed by atoms with E-state index in [0.717, 1.165) is 44.8 Å². The Morgan fingerprint density at radius 2 is 1.86 bits per heavy atom. The smallest absolute Gasteiger partial charge is 0.220 e. The van der Waals surface area contributed by atoms with Gasteiger partial charge < -0.3 is 15.0 Å². The van der Waals surface area contributed by atoms with E-state index in [9.17, 15) is 9.59 Å².